The van der Waals surface area contributed by atoms with Crippen molar-refractivity contribution in [3.63, 3.8) is 0 Å². The molecule has 0 aromatic carbocycles. The first-order chi connectivity index (χ1) is 8.41. The van der Waals surface area contributed by atoms with Crippen LogP contribution in [0.3, 0.4) is 0 Å². The van der Waals surface area contributed by atoms with E-state index in [0.717, 1.165) is 0 Å². The summed E-state index contributed by atoms with van der Waals surface area (Å²) in [6.07, 6.45) is 2.12. The summed E-state index contributed by atoms with van der Waals surface area (Å²) in [5.74, 6) is -1.83. The number of amides is 1. The zero-order valence-corrected chi connectivity index (χ0v) is 10.8. The number of aryl methyl sites for hydroxylation is 1. The molecule has 0 aliphatic rings. The zero-order chi connectivity index (χ0) is 13.7. The van der Waals surface area contributed by atoms with E-state index in [2.05, 4.69) is 15.4 Å². The highest BCUT2D eigenvalue weighted by Crippen LogP contribution is 2.10. The number of carboxylic acid groups (broad SMARTS) is 1. The average Bonchev–Trinajstić information content (AvgIpc) is 2.72. The van der Waals surface area contributed by atoms with Crippen LogP contribution in [0.15, 0.2) is 6.33 Å². The molecule has 100 valence electrons. The Balaban J connectivity index is 2.35. The molecule has 7 nitrogen and oxygen atoms in total. The van der Waals surface area contributed by atoms with Gasteiger partial charge in [0.15, 0.2) is 5.82 Å². The summed E-state index contributed by atoms with van der Waals surface area (Å²) in [6.45, 7) is 3.53. The fourth-order valence-corrected chi connectivity index (χ4v) is 1.40. The first kappa shape index (κ1) is 14.1. The van der Waals surface area contributed by atoms with Gasteiger partial charge in [0.05, 0.1) is 5.92 Å². The number of carboxylic acids is 1. The molecule has 0 saturated carbocycles. The second-order valence-corrected chi connectivity index (χ2v) is 4.29. The second-order valence-electron chi connectivity index (χ2n) is 4.29. The molecule has 7 heteroatoms. The number of rotatable bonds is 6. The van der Waals surface area contributed by atoms with Crippen LogP contribution in [0.2, 0.25) is 0 Å². The van der Waals surface area contributed by atoms with Crippen molar-refractivity contribution in [1.29, 1.82) is 0 Å². The van der Waals surface area contributed by atoms with E-state index in [1.807, 2.05) is 0 Å². The first-order valence-corrected chi connectivity index (χ1v) is 5.77. The molecule has 0 saturated heterocycles. The molecule has 1 amide bonds. The zero-order valence-electron chi connectivity index (χ0n) is 10.8. The van der Waals surface area contributed by atoms with Gasteiger partial charge in [-0.05, 0) is 0 Å². The fraction of sp³-hybridized carbons (Fsp3) is 0.636. The Morgan fingerprint density at radius 3 is 2.61 bits per heavy atom. The molecular formula is C11H18N4O3. The SMILES string of the molecule is CC(C(=O)O)C(C)C(=O)NCCc1ncn(C)n1. The normalized spacial score (nSPS) is 13.9. The molecule has 1 heterocycles. The topological polar surface area (TPSA) is 97.1 Å². The third-order valence-electron chi connectivity index (χ3n) is 2.85. The molecule has 0 bridgehead atoms. The van der Waals surface area contributed by atoms with Crippen molar-refractivity contribution in [1.82, 2.24) is 20.1 Å². The maximum atomic E-state index is 11.7. The Kier molecular flexibility index (Phi) is 4.82. The Bertz CT molecular complexity index is 430. The van der Waals surface area contributed by atoms with Crippen LogP contribution >= 0.6 is 0 Å². The van der Waals surface area contributed by atoms with E-state index in [1.165, 1.54) is 6.92 Å². The summed E-state index contributed by atoms with van der Waals surface area (Å²) >= 11 is 0. The minimum Gasteiger partial charge on any atom is -0.481 e. The van der Waals surface area contributed by atoms with Crippen LogP contribution in [-0.4, -0.2) is 38.3 Å². The molecule has 1 aromatic rings. The number of hydrogen-bond donors (Lipinski definition) is 2. The van der Waals surface area contributed by atoms with E-state index >= 15 is 0 Å². The second kappa shape index (κ2) is 6.13. The summed E-state index contributed by atoms with van der Waals surface area (Å²) in [5, 5.41) is 15.6. The van der Waals surface area contributed by atoms with Gasteiger partial charge >= 0.3 is 5.97 Å². The lowest BCUT2D eigenvalue weighted by Crippen LogP contribution is -2.36. The number of aliphatic carboxylic acids is 1. The summed E-state index contributed by atoms with van der Waals surface area (Å²) < 4.78 is 1.59. The standard InChI is InChI=1S/C11H18N4O3/c1-7(8(2)11(17)18)10(16)12-5-4-9-13-6-15(3)14-9/h6-8H,4-5H2,1-3H3,(H,12,16)(H,17,18). The summed E-state index contributed by atoms with van der Waals surface area (Å²) in [6, 6.07) is 0. The number of aromatic nitrogens is 3. The van der Waals surface area contributed by atoms with Crippen LogP contribution in [0.5, 0.6) is 0 Å². The number of carbonyl (C=O) groups excluding carboxylic acids is 1. The van der Waals surface area contributed by atoms with Crippen LogP contribution in [0.1, 0.15) is 19.7 Å². The first-order valence-electron chi connectivity index (χ1n) is 5.77. The van der Waals surface area contributed by atoms with Gasteiger partial charge in [-0.25, -0.2) is 4.98 Å². The van der Waals surface area contributed by atoms with Crippen LogP contribution in [0, 0.1) is 11.8 Å². The third kappa shape index (κ3) is 3.83. The maximum Gasteiger partial charge on any atom is 0.307 e. The van der Waals surface area contributed by atoms with Gasteiger partial charge in [-0.2, -0.15) is 5.10 Å². The summed E-state index contributed by atoms with van der Waals surface area (Å²) in [4.78, 5) is 26.4. The highest BCUT2D eigenvalue weighted by atomic mass is 16.4. The lowest BCUT2D eigenvalue weighted by molar-refractivity contribution is -0.146. The molecule has 0 fully saturated rings. The largest absolute Gasteiger partial charge is 0.481 e. The smallest absolute Gasteiger partial charge is 0.307 e. The van der Waals surface area contributed by atoms with E-state index in [1.54, 1.807) is 25.0 Å². The molecule has 2 unspecified atom stereocenters. The van der Waals surface area contributed by atoms with Crippen molar-refractivity contribution >= 4 is 11.9 Å². The fourth-order valence-electron chi connectivity index (χ4n) is 1.40. The van der Waals surface area contributed by atoms with Crippen LogP contribution in [0.25, 0.3) is 0 Å². The molecular weight excluding hydrogens is 236 g/mol. The molecule has 1 aromatic heterocycles. The molecule has 0 aliphatic carbocycles. The van der Waals surface area contributed by atoms with E-state index in [9.17, 15) is 9.59 Å². The van der Waals surface area contributed by atoms with Crippen molar-refractivity contribution in [2.24, 2.45) is 18.9 Å². The molecule has 0 spiro atoms. The highest BCUT2D eigenvalue weighted by Gasteiger charge is 2.25. The number of nitrogens with zero attached hydrogens (tertiary/aromatic N) is 3. The van der Waals surface area contributed by atoms with Gasteiger partial charge in [0.1, 0.15) is 6.33 Å². The Labute approximate surface area is 105 Å². The van der Waals surface area contributed by atoms with Gasteiger partial charge in [0.25, 0.3) is 0 Å². The molecule has 1 rings (SSSR count). The van der Waals surface area contributed by atoms with Gasteiger partial charge in [-0.3, -0.25) is 14.3 Å². The van der Waals surface area contributed by atoms with Crippen LogP contribution in [0.4, 0.5) is 0 Å². The summed E-state index contributed by atoms with van der Waals surface area (Å²) in [5.41, 5.74) is 0. The summed E-state index contributed by atoms with van der Waals surface area (Å²) in [7, 11) is 1.77. The molecule has 2 N–H and O–H groups in total. The Hall–Kier alpha value is -1.92. The van der Waals surface area contributed by atoms with E-state index in [4.69, 9.17) is 5.11 Å². The predicted molar refractivity (Wildman–Crippen MR) is 63.7 cm³/mol. The monoisotopic (exact) mass is 254 g/mol. The number of carbonyl (C=O) groups is 2. The van der Waals surface area contributed by atoms with Gasteiger partial charge in [0, 0.05) is 25.9 Å². The highest BCUT2D eigenvalue weighted by molar-refractivity contribution is 5.84. The van der Waals surface area contributed by atoms with Gasteiger partial charge in [0.2, 0.25) is 5.91 Å². The molecule has 0 radical (unpaired) electrons. The van der Waals surface area contributed by atoms with Gasteiger partial charge in [-0.15, -0.1) is 0 Å². The van der Waals surface area contributed by atoms with Crippen LogP contribution in [-0.2, 0) is 23.1 Å². The van der Waals surface area contributed by atoms with Gasteiger partial charge in [-0.1, -0.05) is 13.8 Å². The minimum atomic E-state index is -0.968. The minimum absolute atomic E-state index is 0.263. The van der Waals surface area contributed by atoms with Gasteiger partial charge < -0.3 is 10.4 Å². The predicted octanol–water partition coefficient (Wildman–Crippen LogP) is -0.169. The van der Waals surface area contributed by atoms with Crippen molar-refractivity contribution in [2.75, 3.05) is 6.54 Å². The molecule has 0 aliphatic heterocycles. The van der Waals surface area contributed by atoms with Crippen molar-refractivity contribution in [3.8, 4) is 0 Å². The van der Waals surface area contributed by atoms with Crippen molar-refractivity contribution in [3.05, 3.63) is 12.2 Å². The number of nitrogens with one attached hydrogen (secondary N) is 1. The lowest BCUT2D eigenvalue weighted by atomic mass is 9.95. The average molecular weight is 254 g/mol. The molecule has 18 heavy (non-hydrogen) atoms. The third-order valence-corrected chi connectivity index (χ3v) is 2.85. The van der Waals surface area contributed by atoms with E-state index < -0.39 is 17.8 Å². The van der Waals surface area contributed by atoms with Crippen LogP contribution < -0.4 is 5.32 Å². The van der Waals surface area contributed by atoms with Crippen molar-refractivity contribution in [2.45, 2.75) is 20.3 Å². The van der Waals surface area contributed by atoms with Crippen molar-refractivity contribution < 1.29 is 14.7 Å². The lowest BCUT2D eigenvalue weighted by Gasteiger charge is -2.15. The molecule has 2 atom stereocenters. The number of hydrogen-bond acceptors (Lipinski definition) is 4. The van der Waals surface area contributed by atoms with E-state index in [0.29, 0.717) is 18.8 Å². The maximum absolute atomic E-state index is 11.7. The van der Waals surface area contributed by atoms with E-state index in [-0.39, 0.29) is 5.91 Å². The Morgan fingerprint density at radius 1 is 1.44 bits per heavy atom. The Morgan fingerprint density at radius 2 is 2.11 bits per heavy atom. The quantitative estimate of drug-likeness (QED) is 0.734.